The van der Waals surface area contributed by atoms with Gasteiger partial charge in [0.05, 0.1) is 0 Å². The van der Waals surface area contributed by atoms with Crippen molar-refractivity contribution < 1.29 is 0 Å². The summed E-state index contributed by atoms with van der Waals surface area (Å²) in [7, 11) is 0. The van der Waals surface area contributed by atoms with Gasteiger partial charge in [-0.1, -0.05) is 0 Å². The van der Waals surface area contributed by atoms with Crippen molar-refractivity contribution in [3.8, 4) is 0 Å². The van der Waals surface area contributed by atoms with Crippen LogP contribution < -0.4 is 11.3 Å². The third-order valence-electron chi connectivity index (χ3n) is 1.69. The predicted octanol–water partition coefficient (Wildman–Crippen LogP) is 0.735. The second-order valence-corrected chi connectivity index (χ2v) is 3.63. The Morgan fingerprint density at radius 1 is 1.33 bits per heavy atom. The molecule has 0 spiro atoms. The molecule has 1 aliphatic heterocycles. The maximum absolute atomic E-state index is 5.31. The first-order valence-electron chi connectivity index (χ1n) is 3.47. The van der Waals surface area contributed by atoms with Crippen molar-refractivity contribution in [2.45, 2.75) is 25.3 Å². The lowest BCUT2D eigenvalue weighted by molar-refractivity contribution is 0.486. The minimum absolute atomic E-state index is 0.583. The summed E-state index contributed by atoms with van der Waals surface area (Å²) < 4.78 is 0. The molecule has 1 atom stereocenters. The lowest BCUT2D eigenvalue weighted by atomic mass is 10.1. The number of hydrogen-bond acceptors (Lipinski definition) is 3. The molecule has 2 nitrogen and oxygen atoms in total. The molecular weight excluding hydrogens is 132 g/mol. The van der Waals surface area contributed by atoms with E-state index in [0.29, 0.717) is 6.04 Å². The quantitative estimate of drug-likeness (QED) is 0.423. The van der Waals surface area contributed by atoms with Crippen molar-refractivity contribution in [1.29, 1.82) is 0 Å². The van der Waals surface area contributed by atoms with Crippen molar-refractivity contribution in [2.75, 3.05) is 11.5 Å². The van der Waals surface area contributed by atoms with Gasteiger partial charge in [0.15, 0.2) is 0 Å². The van der Waals surface area contributed by atoms with E-state index in [2.05, 4.69) is 5.43 Å². The minimum atomic E-state index is 0.583. The molecule has 1 saturated heterocycles. The van der Waals surface area contributed by atoms with E-state index < -0.39 is 0 Å². The standard InChI is InChI=1S/C6H14N2S/c7-8-6-2-1-4-9-5-3-6/h6,8H,1-5,7H2. The molecule has 1 heterocycles. The number of hydrogen-bond donors (Lipinski definition) is 2. The van der Waals surface area contributed by atoms with Gasteiger partial charge in [0.25, 0.3) is 0 Å². The number of nitrogens with one attached hydrogen (secondary N) is 1. The fourth-order valence-electron chi connectivity index (χ4n) is 1.07. The molecule has 3 heteroatoms. The van der Waals surface area contributed by atoms with Gasteiger partial charge in [-0.15, -0.1) is 0 Å². The van der Waals surface area contributed by atoms with Crippen LogP contribution in [-0.2, 0) is 0 Å². The van der Waals surface area contributed by atoms with Crippen LogP contribution in [0.2, 0.25) is 0 Å². The van der Waals surface area contributed by atoms with Crippen molar-refractivity contribution in [3.63, 3.8) is 0 Å². The van der Waals surface area contributed by atoms with Crippen LogP contribution in [-0.4, -0.2) is 17.5 Å². The van der Waals surface area contributed by atoms with Crippen LogP contribution in [0.15, 0.2) is 0 Å². The molecule has 0 saturated carbocycles. The van der Waals surface area contributed by atoms with E-state index in [1.54, 1.807) is 0 Å². The molecule has 1 fully saturated rings. The number of nitrogens with two attached hydrogens (primary N) is 1. The zero-order chi connectivity index (χ0) is 6.53. The van der Waals surface area contributed by atoms with Crippen LogP contribution >= 0.6 is 11.8 Å². The Morgan fingerprint density at radius 2 is 2.22 bits per heavy atom. The first kappa shape index (κ1) is 7.38. The maximum atomic E-state index is 5.31. The third-order valence-corrected chi connectivity index (χ3v) is 2.79. The van der Waals surface area contributed by atoms with E-state index >= 15 is 0 Å². The second-order valence-electron chi connectivity index (χ2n) is 2.41. The fraction of sp³-hybridized carbons (Fsp3) is 1.00. The van der Waals surface area contributed by atoms with Crippen molar-refractivity contribution in [1.82, 2.24) is 5.43 Å². The molecule has 3 N–H and O–H groups in total. The summed E-state index contributed by atoms with van der Waals surface area (Å²) in [5, 5.41) is 0. The molecule has 0 aromatic carbocycles. The zero-order valence-electron chi connectivity index (χ0n) is 5.60. The van der Waals surface area contributed by atoms with Crippen LogP contribution in [0.4, 0.5) is 0 Å². The van der Waals surface area contributed by atoms with Gasteiger partial charge in [-0.25, -0.2) is 0 Å². The topological polar surface area (TPSA) is 38.0 Å². The van der Waals surface area contributed by atoms with E-state index in [1.165, 1.54) is 30.8 Å². The summed E-state index contributed by atoms with van der Waals surface area (Å²) >= 11 is 2.04. The highest BCUT2D eigenvalue weighted by atomic mass is 32.2. The van der Waals surface area contributed by atoms with E-state index in [-0.39, 0.29) is 0 Å². The highest BCUT2D eigenvalue weighted by Crippen LogP contribution is 2.15. The molecule has 1 aliphatic rings. The smallest absolute Gasteiger partial charge is 0.0218 e. The van der Waals surface area contributed by atoms with Gasteiger partial charge in [-0.05, 0) is 30.8 Å². The van der Waals surface area contributed by atoms with Gasteiger partial charge in [0.2, 0.25) is 0 Å². The van der Waals surface area contributed by atoms with Crippen molar-refractivity contribution in [2.24, 2.45) is 5.84 Å². The van der Waals surface area contributed by atoms with E-state index in [1.807, 2.05) is 11.8 Å². The summed E-state index contributed by atoms with van der Waals surface area (Å²) in [5.74, 6) is 7.90. The molecule has 0 aromatic rings. The van der Waals surface area contributed by atoms with Crippen molar-refractivity contribution >= 4 is 11.8 Å². The fourth-order valence-corrected chi connectivity index (χ4v) is 2.10. The first-order valence-corrected chi connectivity index (χ1v) is 4.63. The summed E-state index contributed by atoms with van der Waals surface area (Å²) in [4.78, 5) is 0. The molecule has 54 valence electrons. The Kier molecular flexibility index (Phi) is 3.40. The maximum Gasteiger partial charge on any atom is 0.0218 e. The SMILES string of the molecule is NNC1CCCSCC1. The molecule has 0 aliphatic carbocycles. The Bertz CT molecular complexity index is 69.5. The molecule has 0 bridgehead atoms. The Balaban J connectivity index is 2.18. The number of hydrazine groups is 1. The van der Waals surface area contributed by atoms with Crippen LogP contribution in [0.3, 0.4) is 0 Å². The van der Waals surface area contributed by atoms with E-state index in [0.717, 1.165) is 0 Å². The van der Waals surface area contributed by atoms with Crippen LogP contribution in [0, 0.1) is 0 Å². The van der Waals surface area contributed by atoms with Crippen LogP contribution in [0.1, 0.15) is 19.3 Å². The highest BCUT2D eigenvalue weighted by Gasteiger charge is 2.08. The molecule has 0 amide bonds. The average Bonchev–Trinajstić information content (AvgIpc) is 2.13. The van der Waals surface area contributed by atoms with Gasteiger partial charge in [0.1, 0.15) is 0 Å². The third kappa shape index (κ3) is 2.56. The predicted molar refractivity (Wildman–Crippen MR) is 42.3 cm³/mol. The first-order chi connectivity index (χ1) is 4.43. The lowest BCUT2D eigenvalue weighted by Gasteiger charge is -2.09. The van der Waals surface area contributed by atoms with Gasteiger partial charge in [-0.3, -0.25) is 11.3 Å². The molecule has 9 heavy (non-hydrogen) atoms. The largest absolute Gasteiger partial charge is 0.271 e. The van der Waals surface area contributed by atoms with Gasteiger partial charge in [-0.2, -0.15) is 11.8 Å². The summed E-state index contributed by atoms with van der Waals surface area (Å²) in [6.45, 7) is 0. The highest BCUT2D eigenvalue weighted by molar-refractivity contribution is 7.99. The molecule has 1 unspecified atom stereocenters. The van der Waals surface area contributed by atoms with Gasteiger partial charge in [0, 0.05) is 6.04 Å². The normalized spacial score (nSPS) is 29.7. The van der Waals surface area contributed by atoms with Crippen molar-refractivity contribution in [3.05, 3.63) is 0 Å². The second kappa shape index (κ2) is 4.14. The lowest BCUT2D eigenvalue weighted by Crippen LogP contribution is -2.34. The van der Waals surface area contributed by atoms with E-state index in [9.17, 15) is 0 Å². The Labute approximate surface area is 60.5 Å². The molecule has 1 rings (SSSR count). The average molecular weight is 146 g/mol. The van der Waals surface area contributed by atoms with Crippen LogP contribution in [0.25, 0.3) is 0 Å². The molecular formula is C6H14N2S. The van der Waals surface area contributed by atoms with E-state index in [4.69, 9.17) is 5.84 Å². The summed E-state index contributed by atoms with van der Waals surface area (Å²) in [6.07, 6.45) is 3.81. The molecule has 0 aromatic heterocycles. The monoisotopic (exact) mass is 146 g/mol. The summed E-state index contributed by atoms with van der Waals surface area (Å²) in [5.41, 5.74) is 2.83. The Morgan fingerprint density at radius 3 is 3.00 bits per heavy atom. The Hall–Kier alpha value is 0.270. The van der Waals surface area contributed by atoms with Gasteiger partial charge < -0.3 is 0 Å². The summed E-state index contributed by atoms with van der Waals surface area (Å²) in [6, 6.07) is 0.583. The minimum Gasteiger partial charge on any atom is -0.271 e. The number of thioether (sulfide) groups is 1. The number of rotatable bonds is 1. The van der Waals surface area contributed by atoms with Gasteiger partial charge >= 0.3 is 0 Å². The molecule has 0 radical (unpaired) electrons. The van der Waals surface area contributed by atoms with Crippen LogP contribution in [0.5, 0.6) is 0 Å². The zero-order valence-corrected chi connectivity index (χ0v) is 6.41.